The van der Waals surface area contributed by atoms with Gasteiger partial charge in [-0.2, -0.15) is 0 Å². The molecular weight excluding hydrogens is 410 g/mol. The van der Waals surface area contributed by atoms with Crippen molar-refractivity contribution >= 4 is 17.7 Å². The van der Waals surface area contributed by atoms with Crippen LogP contribution >= 0.6 is 11.8 Å². The Morgan fingerprint density at radius 3 is 2.58 bits per heavy atom. The van der Waals surface area contributed by atoms with Gasteiger partial charge in [0, 0.05) is 11.7 Å². The van der Waals surface area contributed by atoms with Crippen LogP contribution in [0.25, 0.3) is 5.69 Å². The highest BCUT2D eigenvalue weighted by atomic mass is 32.2. The van der Waals surface area contributed by atoms with Gasteiger partial charge in [-0.3, -0.25) is 14.3 Å². The minimum absolute atomic E-state index is 0.0641. The lowest BCUT2D eigenvalue weighted by Crippen LogP contribution is -2.41. The van der Waals surface area contributed by atoms with Crippen LogP contribution in [-0.2, 0) is 4.79 Å². The normalized spacial score (nSPS) is 19.9. The number of hydrogen-bond acceptors (Lipinski definition) is 6. The van der Waals surface area contributed by atoms with E-state index in [1.165, 1.54) is 31.0 Å². The number of ether oxygens (including phenoxy) is 1. The third-order valence-electron chi connectivity index (χ3n) is 6.09. The van der Waals surface area contributed by atoms with Gasteiger partial charge in [-0.25, -0.2) is 0 Å². The summed E-state index contributed by atoms with van der Waals surface area (Å²) in [6.07, 6.45) is 5.63. The summed E-state index contributed by atoms with van der Waals surface area (Å²) in [6, 6.07) is 8.28. The molecule has 1 amide bonds. The molecule has 1 saturated carbocycles. The highest BCUT2D eigenvalue weighted by Crippen LogP contribution is 2.30. The van der Waals surface area contributed by atoms with Crippen molar-refractivity contribution in [3.05, 3.63) is 30.1 Å². The number of carbonyl (C=O) groups excluding carboxylic acids is 1. The van der Waals surface area contributed by atoms with Gasteiger partial charge >= 0.3 is 0 Å². The molecule has 170 valence electrons. The molecule has 0 aliphatic heterocycles. The smallest absolute Gasteiger partial charge is 0.230 e. The second-order valence-electron chi connectivity index (χ2n) is 8.49. The fraction of sp³-hybridized carbons (Fsp3) is 0.609. The van der Waals surface area contributed by atoms with Crippen LogP contribution < -0.4 is 10.1 Å². The summed E-state index contributed by atoms with van der Waals surface area (Å²) in [6.45, 7) is 4.37. The van der Waals surface area contributed by atoms with E-state index in [1.54, 1.807) is 7.11 Å². The van der Waals surface area contributed by atoms with Crippen molar-refractivity contribution in [3.63, 3.8) is 0 Å². The van der Waals surface area contributed by atoms with Crippen LogP contribution in [0.4, 0.5) is 0 Å². The fourth-order valence-electron chi connectivity index (χ4n) is 4.25. The second kappa shape index (κ2) is 11.0. The van der Waals surface area contributed by atoms with Gasteiger partial charge in [-0.05, 0) is 63.5 Å². The molecule has 1 aromatic heterocycles. The monoisotopic (exact) mass is 445 g/mol. The zero-order chi connectivity index (χ0) is 22.4. The number of hydrogen-bond donors (Lipinski definition) is 1. The van der Waals surface area contributed by atoms with Crippen molar-refractivity contribution in [2.75, 3.05) is 27.0 Å². The molecule has 0 radical (unpaired) electrons. The molecule has 1 fully saturated rings. The van der Waals surface area contributed by atoms with Crippen molar-refractivity contribution in [1.29, 1.82) is 0 Å². The summed E-state index contributed by atoms with van der Waals surface area (Å²) >= 11 is 1.44. The molecule has 2 aromatic rings. The average molecular weight is 446 g/mol. The lowest BCUT2D eigenvalue weighted by Gasteiger charge is -2.29. The van der Waals surface area contributed by atoms with Gasteiger partial charge in [0.1, 0.15) is 5.75 Å². The first-order valence-corrected chi connectivity index (χ1v) is 12.1. The molecule has 1 N–H and O–H groups in total. The third-order valence-corrected chi connectivity index (χ3v) is 7.02. The first-order valence-electron chi connectivity index (χ1n) is 11.1. The Kier molecular flexibility index (Phi) is 8.37. The van der Waals surface area contributed by atoms with Crippen molar-refractivity contribution in [3.8, 4) is 11.4 Å². The first-order chi connectivity index (χ1) is 14.9. The lowest BCUT2D eigenvalue weighted by atomic mass is 9.86. The lowest BCUT2D eigenvalue weighted by molar-refractivity contribution is -0.119. The maximum atomic E-state index is 12.7. The number of nitrogens with one attached hydrogen (secondary N) is 1. The van der Waals surface area contributed by atoms with Crippen LogP contribution in [0.1, 0.15) is 57.8 Å². The SMILES string of the molecule is CCC(c1nnc(SCC(=O)NC2CCCCC2C)n1-c1ccc(OC)cc1)N(C)C. The zero-order valence-electron chi connectivity index (χ0n) is 19.3. The first kappa shape index (κ1) is 23.6. The molecule has 0 spiro atoms. The van der Waals surface area contributed by atoms with E-state index in [0.29, 0.717) is 11.7 Å². The maximum absolute atomic E-state index is 12.7. The number of amides is 1. The molecule has 3 atom stereocenters. The van der Waals surface area contributed by atoms with E-state index in [0.717, 1.165) is 35.3 Å². The van der Waals surface area contributed by atoms with Crippen LogP contribution in [0.3, 0.4) is 0 Å². The van der Waals surface area contributed by atoms with Crippen molar-refractivity contribution in [2.24, 2.45) is 5.92 Å². The van der Waals surface area contributed by atoms with Crippen molar-refractivity contribution in [1.82, 2.24) is 25.0 Å². The Morgan fingerprint density at radius 1 is 1.26 bits per heavy atom. The summed E-state index contributed by atoms with van der Waals surface area (Å²) in [5.74, 6) is 2.61. The van der Waals surface area contributed by atoms with Crippen molar-refractivity contribution < 1.29 is 9.53 Å². The minimum Gasteiger partial charge on any atom is -0.497 e. The standard InChI is InChI=1S/C23H35N5O2S/c1-6-20(27(3)4)22-25-26-23(28(22)17-11-13-18(30-5)14-12-17)31-15-21(29)24-19-10-8-7-9-16(19)2/h11-14,16,19-20H,6-10,15H2,1-5H3,(H,24,29). The Balaban J connectivity index is 1.80. The maximum Gasteiger partial charge on any atom is 0.230 e. The van der Waals surface area contributed by atoms with Gasteiger partial charge in [0.05, 0.1) is 18.9 Å². The molecule has 7 nitrogen and oxygen atoms in total. The summed E-state index contributed by atoms with van der Waals surface area (Å²) in [5.41, 5.74) is 0.963. The summed E-state index contributed by atoms with van der Waals surface area (Å²) < 4.78 is 7.37. The molecule has 0 saturated heterocycles. The summed E-state index contributed by atoms with van der Waals surface area (Å²) in [5, 5.41) is 12.9. The van der Waals surface area contributed by atoms with Crippen LogP contribution in [-0.4, -0.2) is 58.6 Å². The highest BCUT2D eigenvalue weighted by Gasteiger charge is 2.25. The van der Waals surface area contributed by atoms with E-state index in [4.69, 9.17) is 4.74 Å². The number of rotatable bonds is 9. The van der Waals surface area contributed by atoms with Gasteiger partial charge < -0.3 is 10.1 Å². The second-order valence-corrected chi connectivity index (χ2v) is 9.43. The van der Waals surface area contributed by atoms with Crippen LogP contribution in [0.2, 0.25) is 0 Å². The number of carbonyl (C=O) groups is 1. The van der Waals surface area contributed by atoms with E-state index in [9.17, 15) is 4.79 Å². The summed E-state index contributed by atoms with van der Waals surface area (Å²) in [4.78, 5) is 14.8. The van der Waals surface area contributed by atoms with E-state index in [-0.39, 0.29) is 18.0 Å². The third kappa shape index (κ3) is 5.80. The minimum atomic E-state index is 0.0641. The summed E-state index contributed by atoms with van der Waals surface area (Å²) in [7, 11) is 5.76. The average Bonchev–Trinajstić information content (AvgIpc) is 3.17. The van der Waals surface area contributed by atoms with Crippen molar-refractivity contribution in [2.45, 2.75) is 63.2 Å². The number of thioether (sulfide) groups is 1. The molecule has 3 rings (SSSR count). The van der Waals surface area contributed by atoms with Gasteiger partial charge in [0.25, 0.3) is 0 Å². The fourth-order valence-corrected chi connectivity index (χ4v) is 5.02. The Labute approximate surface area is 189 Å². The van der Waals surface area contributed by atoms with E-state index >= 15 is 0 Å². The molecule has 1 aliphatic carbocycles. The van der Waals surface area contributed by atoms with Crippen LogP contribution in [0.5, 0.6) is 5.75 Å². The number of methoxy groups -OCH3 is 1. The predicted molar refractivity (Wildman–Crippen MR) is 125 cm³/mol. The van der Waals surface area contributed by atoms with Crippen LogP contribution in [0, 0.1) is 5.92 Å². The molecule has 31 heavy (non-hydrogen) atoms. The molecule has 1 heterocycles. The molecule has 1 aliphatic rings. The molecule has 0 bridgehead atoms. The highest BCUT2D eigenvalue weighted by molar-refractivity contribution is 7.99. The Bertz CT molecular complexity index is 852. The number of benzene rings is 1. The molecule has 3 unspecified atom stereocenters. The van der Waals surface area contributed by atoms with Gasteiger partial charge in [-0.15, -0.1) is 10.2 Å². The van der Waals surface area contributed by atoms with Gasteiger partial charge in [-0.1, -0.05) is 38.5 Å². The molecule has 1 aromatic carbocycles. The number of aromatic nitrogens is 3. The molecular formula is C23H35N5O2S. The zero-order valence-corrected chi connectivity index (χ0v) is 20.1. The topological polar surface area (TPSA) is 72.3 Å². The Hall–Kier alpha value is -2.06. The predicted octanol–water partition coefficient (Wildman–Crippen LogP) is 4.08. The molecule has 8 heteroatoms. The van der Waals surface area contributed by atoms with Crippen LogP contribution in [0.15, 0.2) is 29.4 Å². The quantitative estimate of drug-likeness (QED) is 0.587. The van der Waals surface area contributed by atoms with E-state index in [2.05, 4.69) is 38.8 Å². The Morgan fingerprint density at radius 2 is 1.97 bits per heavy atom. The van der Waals surface area contributed by atoms with E-state index in [1.807, 2.05) is 38.4 Å². The van der Waals surface area contributed by atoms with Gasteiger partial charge in [0.15, 0.2) is 11.0 Å². The number of nitrogens with zero attached hydrogens (tertiary/aromatic N) is 4. The van der Waals surface area contributed by atoms with Gasteiger partial charge in [0.2, 0.25) is 5.91 Å². The largest absolute Gasteiger partial charge is 0.497 e. The van der Waals surface area contributed by atoms with E-state index < -0.39 is 0 Å².